The van der Waals surface area contributed by atoms with Gasteiger partial charge in [0.05, 0.1) is 20.1 Å². The Morgan fingerprint density at radius 2 is 1.81 bits per heavy atom. The summed E-state index contributed by atoms with van der Waals surface area (Å²) >= 11 is 12.8. The second kappa shape index (κ2) is 10.5. The van der Waals surface area contributed by atoms with Crippen molar-refractivity contribution in [3.05, 3.63) is 101 Å². The van der Waals surface area contributed by atoms with Crippen molar-refractivity contribution < 1.29 is 14.5 Å². The molecule has 0 atom stereocenters. The zero-order valence-electron chi connectivity index (χ0n) is 15.7. The highest BCUT2D eigenvalue weighted by molar-refractivity contribution is 9.11. The largest absolute Gasteiger partial charge is 0.487 e. The van der Waals surface area contributed by atoms with Crippen LogP contribution in [0.5, 0.6) is 5.75 Å². The first-order chi connectivity index (χ1) is 14.8. The van der Waals surface area contributed by atoms with Crippen LogP contribution in [0.15, 0.2) is 74.7 Å². The predicted molar refractivity (Wildman–Crippen MR) is 126 cm³/mol. The number of rotatable bonds is 7. The molecule has 0 aliphatic heterocycles. The van der Waals surface area contributed by atoms with Crippen molar-refractivity contribution in [3.8, 4) is 5.75 Å². The predicted octanol–water partition coefficient (Wildman–Crippen LogP) is 6.12. The van der Waals surface area contributed by atoms with Gasteiger partial charge in [0.1, 0.15) is 12.4 Å². The van der Waals surface area contributed by atoms with Gasteiger partial charge in [-0.15, -0.1) is 0 Å². The van der Waals surface area contributed by atoms with Gasteiger partial charge in [-0.3, -0.25) is 14.9 Å². The molecule has 0 saturated carbocycles. The molecule has 31 heavy (non-hydrogen) atoms. The average molecular weight is 568 g/mol. The molecule has 0 spiro atoms. The van der Waals surface area contributed by atoms with Crippen LogP contribution in [-0.4, -0.2) is 17.0 Å². The van der Waals surface area contributed by atoms with Crippen molar-refractivity contribution in [2.45, 2.75) is 6.61 Å². The van der Waals surface area contributed by atoms with Crippen LogP contribution < -0.4 is 10.2 Å². The minimum absolute atomic E-state index is 0.139. The number of hydrazone groups is 1. The number of hydrogen-bond acceptors (Lipinski definition) is 5. The van der Waals surface area contributed by atoms with Crippen molar-refractivity contribution in [3.63, 3.8) is 0 Å². The Morgan fingerprint density at radius 1 is 1.13 bits per heavy atom. The van der Waals surface area contributed by atoms with Gasteiger partial charge in [0, 0.05) is 22.7 Å². The molecule has 7 nitrogen and oxygen atoms in total. The maximum atomic E-state index is 12.1. The number of halogens is 3. The third-order valence-electron chi connectivity index (χ3n) is 4.02. The summed E-state index contributed by atoms with van der Waals surface area (Å²) in [6.07, 6.45) is 1.45. The lowest BCUT2D eigenvalue weighted by Crippen LogP contribution is -2.17. The van der Waals surface area contributed by atoms with E-state index in [0.29, 0.717) is 31.9 Å². The van der Waals surface area contributed by atoms with Crippen LogP contribution in [0.2, 0.25) is 5.02 Å². The first-order valence-corrected chi connectivity index (χ1v) is 10.7. The number of benzene rings is 3. The number of nitro groups is 1. The van der Waals surface area contributed by atoms with E-state index in [0.717, 1.165) is 5.56 Å². The number of nitro benzene ring substituents is 1. The van der Waals surface area contributed by atoms with Crippen molar-refractivity contribution in [2.75, 3.05) is 0 Å². The van der Waals surface area contributed by atoms with Crippen molar-refractivity contribution in [1.82, 2.24) is 5.43 Å². The van der Waals surface area contributed by atoms with Crippen LogP contribution in [0.1, 0.15) is 21.5 Å². The Balaban J connectivity index is 1.64. The van der Waals surface area contributed by atoms with Crippen LogP contribution in [0.25, 0.3) is 0 Å². The number of carbonyl (C=O) groups excluding carboxylic acids is 1. The van der Waals surface area contributed by atoms with Gasteiger partial charge in [-0.25, -0.2) is 5.43 Å². The fourth-order valence-corrected chi connectivity index (χ4v) is 4.10. The van der Waals surface area contributed by atoms with Crippen LogP contribution in [0.3, 0.4) is 0 Å². The van der Waals surface area contributed by atoms with Crippen LogP contribution in [0, 0.1) is 10.1 Å². The lowest BCUT2D eigenvalue weighted by Gasteiger charge is -2.11. The van der Waals surface area contributed by atoms with Crippen LogP contribution >= 0.6 is 43.5 Å². The fourth-order valence-electron chi connectivity index (χ4n) is 2.52. The number of nitrogens with one attached hydrogen (secondary N) is 1. The Labute approximate surface area is 199 Å². The summed E-state index contributed by atoms with van der Waals surface area (Å²) < 4.78 is 7.27. The maximum Gasteiger partial charge on any atom is 0.271 e. The Bertz CT molecular complexity index is 1130. The van der Waals surface area contributed by atoms with E-state index in [1.54, 1.807) is 24.3 Å². The third kappa shape index (κ3) is 6.36. The van der Waals surface area contributed by atoms with Gasteiger partial charge < -0.3 is 4.74 Å². The molecule has 0 saturated heterocycles. The molecule has 1 amide bonds. The first-order valence-electron chi connectivity index (χ1n) is 8.77. The summed E-state index contributed by atoms with van der Waals surface area (Å²) in [7, 11) is 0. The van der Waals surface area contributed by atoms with Gasteiger partial charge in [-0.05, 0) is 73.3 Å². The van der Waals surface area contributed by atoms with Crippen molar-refractivity contribution in [1.29, 1.82) is 0 Å². The van der Waals surface area contributed by atoms with Crippen LogP contribution in [0.4, 0.5) is 5.69 Å². The van der Waals surface area contributed by atoms with Gasteiger partial charge in [0.2, 0.25) is 0 Å². The molecule has 0 radical (unpaired) electrons. The van der Waals surface area contributed by atoms with Crippen molar-refractivity contribution in [2.24, 2.45) is 5.10 Å². The van der Waals surface area contributed by atoms with Gasteiger partial charge in [0.15, 0.2) is 0 Å². The first kappa shape index (κ1) is 22.9. The van der Waals surface area contributed by atoms with Gasteiger partial charge in [-0.1, -0.05) is 29.8 Å². The summed E-state index contributed by atoms with van der Waals surface area (Å²) in [5.41, 5.74) is 3.99. The smallest absolute Gasteiger partial charge is 0.271 e. The number of nitrogens with zero attached hydrogens (tertiary/aromatic N) is 2. The van der Waals surface area contributed by atoms with E-state index in [1.807, 2.05) is 12.1 Å². The number of non-ortho nitro benzene ring substituents is 1. The van der Waals surface area contributed by atoms with E-state index < -0.39 is 10.8 Å². The Hall–Kier alpha value is -2.75. The molecule has 0 aliphatic carbocycles. The summed E-state index contributed by atoms with van der Waals surface area (Å²) in [6, 6.07) is 16.3. The molecule has 158 valence electrons. The quantitative estimate of drug-likeness (QED) is 0.212. The second-order valence-corrected chi connectivity index (χ2v) is 8.38. The molecule has 3 aromatic carbocycles. The third-order valence-corrected chi connectivity index (χ3v) is 5.45. The SMILES string of the molecule is O=C(N/N=C\c1cc(Br)c(OCc2ccc(Cl)cc2)c(Br)c1)c1cccc([N+](=O)[O-])c1. The fraction of sp³-hybridized carbons (Fsp3) is 0.0476. The highest BCUT2D eigenvalue weighted by atomic mass is 79.9. The van der Waals surface area contributed by atoms with E-state index in [4.69, 9.17) is 16.3 Å². The topological polar surface area (TPSA) is 93.8 Å². The summed E-state index contributed by atoms with van der Waals surface area (Å²) in [6.45, 7) is 0.362. The van der Waals surface area contributed by atoms with Gasteiger partial charge >= 0.3 is 0 Å². The summed E-state index contributed by atoms with van der Waals surface area (Å²) in [5.74, 6) is 0.0636. The van der Waals surface area contributed by atoms with Gasteiger partial charge in [0.25, 0.3) is 11.6 Å². The molecule has 0 aliphatic rings. The zero-order valence-corrected chi connectivity index (χ0v) is 19.6. The summed E-state index contributed by atoms with van der Waals surface area (Å²) in [5, 5.41) is 15.4. The second-order valence-electron chi connectivity index (χ2n) is 6.24. The molecule has 0 heterocycles. The Kier molecular flexibility index (Phi) is 7.78. The molecule has 0 unspecified atom stereocenters. The molecule has 0 aromatic heterocycles. The standard InChI is InChI=1S/C21H14Br2ClN3O4/c22-18-8-14(9-19(23)20(18)31-12-13-4-6-16(24)7-5-13)11-25-26-21(28)15-2-1-3-17(10-15)27(29)30/h1-11H,12H2,(H,26,28)/b25-11-. The molecular weight excluding hydrogens is 554 g/mol. The molecule has 10 heteroatoms. The molecule has 1 N–H and O–H groups in total. The van der Waals surface area contributed by atoms with Crippen molar-refractivity contribution >= 4 is 61.3 Å². The number of hydrogen-bond donors (Lipinski definition) is 1. The normalized spacial score (nSPS) is 10.8. The number of carbonyl (C=O) groups is 1. The van der Waals surface area contributed by atoms with Gasteiger partial charge in [-0.2, -0.15) is 5.10 Å². The van der Waals surface area contributed by atoms with E-state index in [1.165, 1.54) is 30.5 Å². The lowest BCUT2D eigenvalue weighted by molar-refractivity contribution is -0.384. The molecular formula is C21H14Br2ClN3O4. The number of amides is 1. The molecule has 3 rings (SSSR count). The highest BCUT2D eigenvalue weighted by Gasteiger charge is 2.11. The summed E-state index contributed by atoms with van der Waals surface area (Å²) in [4.78, 5) is 22.4. The van der Waals surface area contributed by atoms with E-state index in [2.05, 4.69) is 42.4 Å². The monoisotopic (exact) mass is 565 g/mol. The van der Waals surface area contributed by atoms with Crippen LogP contribution in [-0.2, 0) is 6.61 Å². The Morgan fingerprint density at radius 3 is 2.45 bits per heavy atom. The molecule has 0 bridgehead atoms. The van der Waals surface area contributed by atoms with E-state index >= 15 is 0 Å². The van der Waals surface area contributed by atoms with E-state index in [9.17, 15) is 14.9 Å². The molecule has 0 fully saturated rings. The minimum Gasteiger partial charge on any atom is -0.487 e. The average Bonchev–Trinajstić information content (AvgIpc) is 2.74. The van der Waals surface area contributed by atoms with E-state index in [-0.39, 0.29) is 11.3 Å². The maximum absolute atomic E-state index is 12.1. The molecule has 3 aromatic rings. The zero-order chi connectivity index (χ0) is 22.4. The highest BCUT2D eigenvalue weighted by Crippen LogP contribution is 2.35. The minimum atomic E-state index is -0.564. The number of ether oxygens (including phenoxy) is 1. The lowest BCUT2D eigenvalue weighted by atomic mass is 10.2.